The summed E-state index contributed by atoms with van der Waals surface area (Å²) >= 11 is 0. The number of pyridine rings is 2. The smallest absolute Gasteiger partial charge is 0.254 e. The molecule has 5 nitrogen and oxygen atoms in total. The van der Waals surface area contributed by atoms with Gasteiger partial charge in [-0.3, -0.25) is 14.8 Å². The molecule has 0 aliphatic heterocycles. The maximum atomic E-state index is 12.5. The minimum Gasteiger partial charge on any atom is -0.334 e. The first kappa shape index (κ1) is 14.1. The molecule has 2 aromatic rings. The first-order chi connectivity index (χ1) is 9.81. The van der Waals surface area contributed by atoms with Gasteiger partial charge in [0, 0.05) is 43.4 Å². The molecule has 0 atom stereocenters. The van der Waals surface area contributed by atoms with E-state index < -0.39 is 0 Å². The Bertz CT molecular complexity index is 530. The van der Waals surface area contributed by atoms with Crippen molar-refractivity contribution >= 4 is 5.91 Å². The number of aromatic nitrogens is 2. The number of nitrogens with two attached hydrogens (primary N) is 1. The average Bonchev–Trinajstić information content (AvgIpc) is 2.52. The van der Waals surface area contributed by atoms with Crippen molar-refractivity contribution in [2.45, 2.75) is 13.0 Å². The molecule has 20 heavy (non-hydrogen) atoms. The van der Waals surface area contributed by atoms with Crippen LogP contribution in [0.15, 0.2) is 49.1 Å². The number of carbonyl (C=O) groups is 1. The predicted molar refractivity (Wildman–Crippen MR) is 76.9 cm³/mol. The van der Waals surface area contributed by atoms with Gasteiger partial charge in [0.15, 0.2) is 0 Å². The molecule has 0 aliphatic rings. The van der Waals surface area contributed by atoms with E-state index in [2.05, 4.69) is 9.97 Å². The summed E-state index contributed by atoms with van der Waals surface area (Å²) < 4.78 is 0. The SMILES string of the molecule is NCCCN(Cc1cccnc1)C(=O)c1ccncc1. The van der Waals surface area contributed by atoms with Crippen molar-refractivity contribution in [1.29, 1.82) is 0 Å². The van der Waals surface area contributed by atoms with Crippen molar-refractivity contribution in [3.63, 3.8) is 0 Å². The third-order valence-corrected chi connectivity index (χ3v) is 2.94. The van der Waals surface area contributed by atoms with Gasteiger partial charge in [0.25, 0.3) is 5.91 Å². The van der Waals surface area contributed by atoms with Gasteiger partial charge in [-0.1, -0.05) is 6.07 Å². The van der Waals surface area contributed by atoms with Gasteiger partial charge >= 0.3 is 0 Å². The van der Waals surface area contributed by atoms with Crippen LogP contribution in [0.4, 0.5) is 0 Å². The van der Waals surface area contributed by atoms with Crippen LogP contribution in [0.5, 0.6) is 0 Å². The summed E-state index contributed by atoms with van der Waals surface area (Å²) in [5, 5.41) is 0. The Morgan fingerprint density at radius 3 is 2.60 bits per heavy atom. The van der Waals surface area contributed by atoms with E-state index in [4.69, 9.17) is 5.73 Å². The van der Waals surface area contributed by atoms with Crippen molar-refractivity contribution < 1.29 is 4.79 Å². The number of nitrogens with zero attached hydrogens (tertiary/aromatic N) is 3. The molecule has 5 heteroatoms. The molecule has 2 heterocycles. The molecular weight excluding hydrogens is 252 g/mol. The Morgan fingerprint density at radius 2 is 1.95 bits per heavy atom. The van der Waals surface area contributed by atoms with Crippen LogP contribution in [0.25, 0.3) is 0 Å². The minimum atomic E-state index is -0.00953. The Hall–Kier alpha value is -2.27. The van der Waals surface area contributed by atoms with E-state index in [0.717, 1.165) is 12.0 Å². The molecular formula is C15H18N4O. The lowest BCUT2D eigenvalue weighted by Gasteiger charge is -2.22. The number of carbonyl (C=O) groups excluding carboxylic acids is 1. The minimum absolute atomic E-state index is 0.00953. The van der Waals surface area contributed by atoms with Crippen LogP contribution in [-0.2, 0) is 6.54 Å². The van der Waals surface area contributed by atoms with E-state index in [1.165, 1.54) is 0 Å². The lowest BCUT2D eigenvalue weighted by molar-refractivity contribution is 0.0742. The summed E-state index contributed by atoms with van der Waals surface area (Å²) in [5.41, 5.74) is 7.19. The summed E-state index contributed by atoms with van der Waals surface area (Å²) in [4.78, 5) is 22.3. The fourth-order valence-electron chi connectivity index (χ4n) is 1.92. The lowest BCUT2D eigenvalue weighted by atomic mass is 10.2. The van der Waals surface area contributed by atoms with E-state index >= 15 is 0 Å². The van der Waals surface area contributed by atoms with Gasteiger partial charge < -0.3 is 10.6 Å². The van der Waals surface area contributed by atoms with Gasteiger partial charge in [-0.05, 0) is 36.7 Å². The van der Waals surface area contributed by atoms with E-state index in [1.54, 1.807) is 41.8 Å². The standard InChI is InChI=1S/C15H18N4O/c16-6-2-10-19(12-13-3-1-7-18-11-13)15(20)14-4-8-17-9-5-14/h1,3-5,7-9,11H,2,6,10,12,16H2. The molecule has 0 bridgehead atoms. The molecule has 0 aromatic carbocycles. The molecule has 0 saturated carbocycles. The highest BCUT2D eigenvalue weighted by molar-refractivity contribution is 5.94. The number of amides is 1. The Kier molecular flexibility index (Phi) is 5.20. The van der Waals surface area contributed by atoms with Gasteiger partial charge in [0.1, 0.15) is 0 Å². The van der Waals surface area contributed by atoms with Crippen LogP contribution in [0.2, 0.25) is 0 Å². The molecule has 0 aliphatic carbocycles. The summed E-state index contributed by atoms with van der Waals surface area (Å²) in [6.45, 7) is 1.73. The molecule has 2 N–H and O–H groups in total. The van der Waals surface area contributed by atoms with Gasteiger partial charge in [0.05, 0.1) is 0 Å². The fraction of sp³-hybridized carbons (Fsp3) is 0.267. The molecule has 2 aromatic heterocycles. The predicted octanol–water partition coefficient (Wildman–Crippen LogP) is 1.47. The summed E-state index contributed by atoms with van der Waals surface area (Å²) in [7, 11) is 0. The second kappa shape index (κ2) is 7.35. The molecule has 1 amide bonds. The summed E-state index contributed by atoms with van der Waals surface area (Å²) in [5.74, 6) is -0.00953. The van der Waals surface area contributed by atoms with Gasteiger partial charge in [-0.2, -0.15) is 0 Å². The lowest BCUT2D eigenvalue weighted by Crippen LogP contribution is -2.32. The molecule has 104 valence electrons. The Morgan fingerprint density at radius 1 is 1.15 bits per heavy atom. The second-order valence-corrected chi connectivity index (χ2v) is 4.47. The van der Waals surface area contributed by atoms with Crippen molar-refractivity contribution in [3.05, 3.63) is 60.2 Å². The van der Waals surface area contributed by atoms with Crippen molar-refractivity contribution in [2.24, 2.45) is 5.73 Å². The quantitative estimate of drug-likeness (QED) is 0.862. The third-order valence-electron chi connectivity index (χ3n) is 2.94. The fourth-order valence-corrected chi connectivity index (χ4v) is 1.92. The average molecular weight is 270 g/mol. The van der Waals surface area contributed by atoms with E-state index in [0.29, 0.717) is 25.2 Å². The van der Waals surface area contributed by atoms with Crippen molar-refractivity contribution in [1.82, 2.24) is 14.9 Å². The largest absolute Gasteiger partial charge is 0.334 e. The highest BCUT2D eigenvalue weighted by atomic mass is 16.2. The maximum absolute atomic E-state index is 12.5. The first-order valence-electron chi connectivity index (χ1n) is 6.59. The van der Waals surface area contributed by atoms with Crippen LogP contribution in [0.3, 0.4) is 0 Å². The van der Waals surface area contributed by atoms with Crippen LogP contribution < -0.4 is 5.73 Å². The molecule has 2 rings (SSSR count). The normalized spacial score (nSPS) is 10.2. The zero-order valence-corrected chi connectivity index (χ0v) is 11.3. The Labute approximate surface area is 118 Å². The van der Waals surface area contributed by atoms with Gasteiger partial charge in [0.2, 0.25) is 0 Å². The van der Waals surface area contributed by atoms with Crippen molar-refractivity contribution in [2.75, 3.05) is 13.1 Å². The van der Waals surface area contributed by atoms with E-state index in [-0.39, 0.29) is 5.91 Å². The third kappa shape index (κ3) is 3.86. The molecule has 0 radical (unpaired) electrons. The summed E-state index contributed by atoms with van der Waals surface area (Å²) in [6.07, 6.45) is 7.52. The van der Waals surface area contributed by atoms with Gasteiger partial charge in [-0.25, -0.2) is 0 Å². The van der Waals surface area contributed by atoms with E-state index in [9.17, 15) is 4.79 Å². The van der Waals surface area contributed by atoms with Crippen LogP contribution in [-0.4, -0.2) is 33.9 Å². The van der Waals surface area contributed by atoms with Gasteiger partial charge in [-0.15, -0.1) is 0 Å². The molecule has 0 fully saturated rings. The van der Waals surface area contributed by atoms with Crippen LogP contribution in [0, 0.1) is 0 Å². The topological polar surface area (TPSA) is 72.1 Å². The Balaban J connectivity index is 2.13. The highest BCUT2D eigenvalue weighted by Gasteiger charge is 2.15. The molecule has 0 unspecified atom stereocenters. The second-order valence-electron chi connectivity index (χ2n) is 4.47. The number of hydrogen-bond donors (Lipinski definition) is 1. The molecule has 0 spiro atoms. The zero-order chi connectivity index (χ0) is 14.2. The van der Waals surface area contributed by atoms with Crippen molar-refractivity contribution in [3.8, 4) is 0 Å². The van der Waals surface area contributed by atoms with Crippen LogP contribution in [0.1, 0.15) is 22.3 Å². The maximum Gasteiger partial charge on any atom is 0.254 e. The first-order valence-corrected chi connectivity index (χ1v) is 6.59. The number of hydrogen-bond acceptors (Lipinski definition) is 4. The monoisotopic (exact) mass is 270 g/mol. The number of rotatable bonds is 6. The summed E-state index contributed by atoms with van der Waals surface area (Å²) in [6, 6.07) is 7.28. The van der Waals surface area contributed by atoms with Crippen LogP contribution >= 0.6 is 0 Å². The zero-order valence-electron chi connectivity index (χ0n) is 11.3. The van der Waals surface area contributed by atoms with E-state index in [1.807, 2.05) is 12.1 Å². The molecule has 0 saturated heterocycles. The highest BCUT2D eigenvalue weighted by Crippen LogP contribution is 2.09.